The molecule has 1 aromatic carbocycles. The Bertz CT molecular complexity index is 2530. The molecule has 0 radical (unpaired) electrons. The summed E-state index contributed by atoms with van der Waals surface area (Å²) in [6.45, 7) is 1.91. The average Bonchev–Trinajstić information content (AvgIpc) is 3.74. The summed E-state index contributed by atoms with van der Waals surface area (Å²) in [5.74, 6) is -5.47. The van der Waals surface area contributed by atoms with Gasteiger partial charge in [0, 0.05) is 16.5 Å². The first-order chi connectivity index (χ1) is 36.1. The van der Waals surface area contributed by atoms with Gasteiger partial charge in [0.2, 0.25) is 17.4 Å². The third kappa shape index (κ3) is 17.8. The molecule has 3 atom stereocenters. The van der Waals surface area contributed by atoms with Crippen molar-refractivity contribution in [1.29, 1.82) is 0 Å². The highest BCUT2D eigenvalue weighted by Crippen LogP contribution is 2.42. The molecular formula is C49H64N4O22. The van der Waals surface area contributed by atoms with Crippen molar-refractivity contribution < 1.29 is 101 Å². The number of amides is 2. The number of pyridine rings is 2. The number of hydrogen-bond donors (Lipinski definition) is 5. The van der Waals surface area contributed by atoms with Gasteiger partial charge in [-0.2, -0.15) is 0 Å². The number of aromatic nitrogens is 2. The van der Waals surface area contributed by atoms with Crippen molar-refractivity contribution >= 4 is 52.4 Å². The molecule has 0 spiro atoms. The van der Waals surface area contributed by atoms with Crippen LogP contribution in [0.2, 0.25) is 0 Å². The zero-order chi connectivity index (χ0) is 54.3. The number of nitrogens with one attached hydrogen (secondary N) is 2. The number of ether oxygens (including phenoxy) is 11. The van der Waals surface area contributed by atoms with Gasteiger partial charge in [0.05, 0.1) is 115 Å². The van der Waals surface area contributed by atoms with Crippen LogP contribution in [-0.4, -0.2) is 197 Å². The molecule has 75 heavy (non-hydrogen) atoms. The highest BCUT2D eigenvalue weighted by molar-refractivity contribution is 5.91. The van der Waals surface area contributed by atoms with E-state index < -0.39 is 85.4 Å². The lowest BCUT2D eigenvalue weighted by molar-refractivity contribution is -0.189. The topological polar surface area (TPSA) is 341 Å². The lowest BCUT2D eigenvalue weighted by Crippen LogP contribution is -2.48. The van der Waals surface area contributed by atoms with Gasteiger partial charge in [-0.15, -0.1) is 0 Å². The third-order valence-corrected chi connectivity index (χ3v) is 11.4. The van der Waals surface area contributed by atoms with Crippen LogP contribution >= 0.6 is 0 Å². The second-order valence-corrected chi connectivity index (χ2v) is 16.9. The first-order valence-electron chi connectivity index (χ1n) is 24.1. The van der Waals surface area contributed by atoms with E-state index in [2.05, 4.69) is 10.6 Å². The number of Topliss-reactive ketones (excluding diaryl/α,β-unsaturated/α-hetero) is 1. The molecule has 5 rings (SSSR count). The van der Waals surface area contributed by atoms with E-state index in [4.69, 9.17) is 67.3 Å². The largest absolute Gasteiger partial charge is 0.508 e. The molecule has 26 nitrogen and oxygen atoms in total. The lowest BCUT2D eigenvalue weighted by Gasteiger charge is -2.35. The van der Waals surface area contributed by atoms with E-state index >= 15 is 0 Å². The maximum Gasteiger partial charge on any atom is 0.355 e. The van der Waals surface area contributed by atoms with Crippen molar-refractivity contribution in [3.05, 3.63) is 56.9 Å². The minimum absolute atomic E-state index is 0.00206. The normalized spacial score (nSPS) is 15.3. The van der Waals surface area contributed by atoms with E-state index in [1.54, 1.807) is 29.7 Å². The number of aryl methyl sites for hydroxylation is 1. The van der Waals surface area contributed by atoms with Gasteiger partial charge in [0.1, 0.15) is 63.3 Å². The Kier molecular flexibility index (Phi) is 23.9. The Morgan fingerprint density at radius 2 is 1.27 bits per heavy atom. The van der Waals surface area contributed by atoms with E-state index in [9.17, 15) is 43.5 Å². The maximum atomic E-state index is 14.1. The van der Waals surface area contributed by atoms with Crippen LogP contribution in [0.4, 0.5) is 0 Å². The van der Waals surface area contributed by atoms with Crippen LogP contribution in [-0.2, 0) is 111 Å². The molecule has 26 heteroatoms. The molecule has 0 aliphatic carbocycles. The van der Waals surface area contributed by atoms with Crippen molar-refractivity contribution in [2.24, 2.45) is 0 Å². The van der Waals surface area contributed by atoms with Crippen molar-refractivity contribution in [2.75, 3.05) is 119 Å². The average molecular weight is 1060 g/mol. The van der Waals surface area contributed by atoms with Crippen molar-refractivity contribution in [3.8, 4) is 17.1 Å². The molecule has 5 N–H and O–H groups in total. The number of carbonyl (C=O) groups excluding carboxylic acids is 5. The van der Waals surface area contributed by atoms with Gasteiger partial charge < -0.3 is 82.6 Å². The molecule has 412 valence electrons. The highest BCUT2D eigenvalue weighted by atomic mass is 16.6. The molecule has 0 bridgehead atoms. The van der Waals surface area contributed by atoms with E-state index in [-0.39, 0.29) is 135 Å². The fourth-order valence-corrected chi connectivity index (χ4v) is 7.92. The highest BCUT2D eigenvalue weighted by Gasteiger charge is 2.50. The molecule has 3 aromatic rings. The van der Waals surface area contributed by atoms with Gasteiger partial charge in [-0.05, 0) is 49.6 Å². The smallest absolute Gasteiger partial charge is 0.355 e. The lowest BCUT2D eigenvalue weighted by atomic mass is 9.85. The third-order valence-electron chi connectivity index (χ3n) is 11.4. The SMILES string of the molecule is CCc1c2c(nc3ccc(O)cc13)-c1cc3c(c(=O)n1C2)COC(=O)[C@@]3(CC)OC(=O)CNC(=O)COCCOC(COCCOCC(=O)O)COCC(COCCOCC(=O)NCC(C)=O)OCCOCC(=O)O. The summed E-state index contributed by atoms with van der Waals surface area (Å²) in [6.07, 6.45) is -0.923. The van der Waals surface area contributed by atoms with Crippen molar-refractivity contribution in [2.45, 2.75) is 64.6 Å². The van der Waals surface area contributed by atoms with Crippen LogP contribution in [0.15, 0.2) is 29.1 Å². The summed E-state index contributed by atoms with van der Waals surface area (Å²) in [5, 5.41) is 33.4. The maximum absolute atomic E-state index is 14.1. The molecule has 2 aliphatic rings. The van der Waals surface area contributed by atoms with Gasteiger partial charge in [0.15, 0.2) is 0 Å². The van der Waals surface area contributed by atoms with Crippen LogP contribution in [0.1, 0.15) is 49.4 Å². The number of esters is 2. The molecule has 2 unspecified atom stereocenters. The summed E-state index contributed by atoms with van der Waals surface area (Å²) in [5.41, 5.74) is 1.11. The zero-order valence-corrected chi connectivity index (χ0v) is 42.0. The monoisotopic (exact) mass is 1060 g/mol. The number of carbonyl (C=O) groups is 7. The number of phenols is 1. The van der Waals surface area contributed by atoms with Crippen LogP contribution in [0.3, 0.4) is 0 Å². The first kappa shape index (κ1) is 59.4. The second-order valence-electron chi connectivity index (χ2n) is 16.9. The Morgan fingerprint density at radius 3 is 1.83 bits per heavy atom. The Morgan fingerprint density at radius 1 is 0.720 bits per heavy atom. The van der Waals surface area contributed by atoms with Crippen LogP contribution in [0.5, 0.6) is 5.75 Å². The van der Waals surface area contributed by atoms with E-state index in [1.807, 2.05) is 6.92 Å². The number of nitrogens with zero attached hydrogens (tertiary/aromatic N) is 2. The summed E-state index contributed by atoms with van der Waals surface area (Å²) >= 11 is 0. The second kappa shape index (κ2) is 30.2. The van der Waals surface area contributed by atoms with Gasteiger partial charge in [-0.25, -0.2) is 19.4 Å². The molecule has 4 heterocycles. The van der Waals surface area contributed by atoms with Crippen LogP contribution in [0, 0.1) is 0 Å². The number of aromatic hydroxyl groups is 1. The summed E-state index contributed by atoms with van der Waals surface area (Å²) in [4.78, 5) is 103. The van der Waals surface area contributed by atoms with Gasteiger partial charge >= 0.3 is 23.9 Å². The summed E-state index contributed by atoms with van der Waals surface area (Å²) < 4.78 is 62.3. The first-order valence-corrected chi connectivity index (χ1v) is 24.1. The molecule has 0 fully saturated rings. The number of carboxylic acid groups (broad SMARTS) is 2. The molecular weight excluding hydrogens is 997 g/mol. The number of fused-ring (bicyclic) bond motifs is 5. The summed E-state index contributed by atoms with van der Waals surface area (Å²) in [6, 6.07) is 6.47. The predicted molar refractivity (Wildman–Crippen MR) is 257 cm³/mol. The number of benzene rings is 1. The predicted octanol–water partition coefficient (Wildman–Crippen LogP) is -0.224. The van der Waals surface area contributed by atoms with Gasteiger partial charge in [-0.1, -0.05) is 13.8 Å². The molecule has 0 saturated carbocycles. The van der Waals surface area contributed by atoms with E-state index in [1.165, 1.54) is 13.0 Å². The fraction of sp³-hybridized carbons (Fsp3) is 0.571. The molecule has 2 aromatic heterocycles. The van der Waals surface area contributed by atoms with E-state index in [0.29, 0.717) is 23.3 Å². The van der Waals surface area contributed by atoms with Crippen molar-refractivity contribution in [3.63, 3.8) is 0 Å². The molecule has 2 amide bonds. The number of aliphatic carboxylic acids is 2. The number of carboxylic acids is 2. The quantitative estimate of drug-likeness (QED) is 0.0288. The number of ketones is 1. The number of phenolic OH excluding ortho intramolecular Hbond substituents is 1. The van der Waals surface area contributed by atoms with Crippen LogP contribution in [0.25, 0.3) is 22.3 Å². The Labute approximate surface area is 430 Å². The Hall–Kier alpha value is -6.49. The summed E-state index contributed by atoms with van der Waals surface area (Å²) in [7, 11) is 0. The van der Waals surface area contributed by atoms with Crippen molar-refractivity contribution in [1.82, 2.24) is 20.2 Å². The van der Waals surface area contributed by atoms with Crippen LogP contribution < -0.4 is 16.2 Å². The fourth-order valence-electron chi connectivity index (χ4n) is 7.92. The molecule has 2 aliphatic heterocycles. The molecule has 0 saturated heterocycles. The van der Waals surface area contributed by atoms with Gasteiger partial charge in [-0.3, -0.25) is 24.0 Å². The minimum atomic E-state index is -2.01. The van der Waals surface area contributed by atoms with Gasteiger partial charge in [0.25, 0.3) is 5.56 Å². The number of hydrogen-bond acceptors (Lipinski definition) is 21. The minimum Gasteiger partial charge on any atom is -0.508 e. The number of cyclic esters (lactones) is 1. The Balaban J connectivity index is 1.11. The van der Waals surface area contributed by atoms with E-state index in [0.717, 1.165) is 16.5 Å². The number of rotatable bonds is 37. The standard InChI is InChI=1S/C49H64N4O22/c1-4-34-35-16-31(55)6-7-39(35)52-46-36(34)20-53-40(46)17-38-37(47(53)63)25-74-48(64)49(38,5-2)75-45(62)19-51-42(57)27-68-12-14-72-32(22-66-9-11-69-28-43(58)59)23-71-24-33(73-15-13-70-29-44(60)61)21-65-8-10-67-26-41(56)50-18-30(3)54/h6-7,16-17,32-33,55H,4-5,8-15,18-29H2,1-3H3,(H,50,56)(H,51,57)(H,58,59)(H,60,61)/t32?,33?,49-/m0/s1. The zero-order valence-electron chi connectivity index (χ0n) is 42.0.